The average Bonchev–Trinajstić information content (AvgIpc) is 2.82. The molecule has 8 heteroatoms. The van der Waals surface area contributed by atoms with Gasteiger partial charge in [0.05, 0.1) is 18.0 Å². The molecular formula is C24H25N3O5. The van der Waals surface area contributed by atoms with Gasteiger partial charge in [0.2, 0.25) is 0 Å². The van der Waals surface area contributed by atoms with Gasteiger partial charge in [-0.15, -0.1) is 0 Å². The minimum Gasteiger partial charge on any atom is -0.489 e. The number of ether oxygens (including phenoxy) is 2. The summed E-state index contributed by atoms with van der Waals surface area (Å²) in [4.78, 5) is 29.0. The number of hydroxylamine groups is 1. The molecule has 0 spiro atoms. The van der Waals surface area contributed by atoms with Crippen molar-refractivity contribution in [2.45, 2.75) is 26.0 Å². The van der Waals surface area contributed by atoms with Crippen LogP contribution in [0.1, 0.15) is 28.0 Å². The van der Waals surface area contributed by atoms with E-state index in [-0.39, 0.29) is 12.5 Å². The van der Waals surface area contributed by atoms with Gasteiger partial charge in [-0.1, -0.05) is 18.2 Å². The van der Waals surface area contributed by atoms with Gasteiger partial charge in [-0.25, -0.2) is 5.48 Å². The Balaban J connectivity index is 1.40. The zero-order valence-corrected chi connectivity index (χ0v) is 17.7. The van der Waals surface area contributed by atoms with Crippen molar-refractivity contribution in [2.24, 2.45) is 5.92 Å². The molecule has 32 heavy (non-hydrogen) atoms. The number of para-hydroxylation sites is 1. The van der Waals surface area contributed by atoms with Crippen LogP contribution in [0.2, 0.25) is 0 Å². The monoisotopic (exact) mass is 435 g/mol. The summed E-state index contributed by atoms with van der Waals surface area (Å²) in [6.07, 6.45) is 0.490. The molecule has 166 valence electrons. The van der Waals surface area contributed by atoms with Gasteiger partial charge in [-0.05, 0) is 49.7 Å². The maximum Gasteiger partial charge on any atom is 0.251 e. The van der Waals surface area contributed by atoms with Gasteiger partial charge in [0.15, 0.2) is 0 Å². The fraction of sp³-hybridized carbons (Fsp3) is 0.292. The van der Waals surface area contributed by atoms with E-state index in [0.29, 0.717) is 30.9 Å². The Morgan fingerprint density at radius 3 is 2.75 bits per heavy atom. The lowest BCUT2D eigenvalue weighted by atomic mass is 9.94. The lowest BCUT2D eigenvalue weighted by Crippen LogP contribution is -2.51. The van der Waals surface area contributed by atoms with E-state index in [4.69, 9.17) is 14.7 Å². The number of amides is 2. The maximum absolute atomic E-state index is 12.7. The smallest absolute Gasteiger partial charge is 0.251 e. The van der Waals surface area contributed by atoms with Crippen LogP contribution in [0, 0.1) is 12.8 Å². The fourth-order valence-corrected chi connectivity index (χ4v) is 3.88. The van der Waals surface area contributed by atoms with Crippen LogP contribution in [0.15, 0.2) is 54.6 Å². The van der Waals surface area contributed by atoms with Crippen molar-refractivity contribution < 1.29 is 24.3 Å². The minimum atomic E-state index is -0.640. The van der Waals surface area contributed by atoms with E-state index in [2.05, 4.69) is 10.3 Å². The summed E-state index contributed by atoms with van der Waals surface area (Å²) >= 11 is 0. The third-order valence-electron chi connectivity index (χ3n) is 5.56. The van der Waals surface area contributed by atoms with E-state index in [9.17, 15) is 9.59 Å². The number of hydrogen-bond donors (Lipinski definition) is 3. The molecule has 0 radical (unpaired) electrons. The second-order valence-electron chi connectivity index (χ2n) is 7.78. The Kier molecular flexibility index (Phi) is 6.63. The number of carbonyl (C=O) groups is 2. The van der Waals surface area contributed by atoms with Gasteiger partial charge in [-0.3, -0.25) is 19.8 Å². The summed E-state index contributed by atoms with van der Waals surface area (Å²) in [6.45, 7) is 2.93. The molecule has 1 saturated heterocycles. The molecule has 4 rings (SSSR count). The Morgan fingerprint density at radius 1 is 1.19 bits per heavy atom. The third kappa shape index (κ3) is 4.87. The molecule has 0 aliphatic carbocycles. The molecule has 2 heterocycles. The van der Waals surface area contributed by atoms with Crippen molar-refractivity contribution in [3.8, 4) is 5.75 Å². The van der Waals surface area contributed by atoms with Crippen molar-refractivity contribution in [2.75, 3.05) is 13.2 Å². The Labute approximate surface area is 185 Å². The van der Waals surface area contributed by atoms with Crippen molar-refractivity contribution >= 4 is 22.7 Å². The zero-order valence-electron chi connectivity index (χ0n) is 17.7. The second-order valence-corrected chi connectivity index (χ2v) is 7.78. The van der Waals surface area contributed by atoms with Crippen LogP contribution in [-0.4, -0.2) is 41.3 Å². The molecule has 0 bridgehead atoms. The Morgan fingerprint density at radius 2 is 1.97 bits per heavy atom. The van der Waals surface area contributed by atoms with Crippen LogP contribution in [-0.2, 0) is 16.1 Å². The van der Waals surface area contributed by atoms with Gasteiger partial charge in [0, 0.05) is 34.9 Å². The van der Waals surface area contributed by atoms with Crippen LogP contribution in [0.4, 0.5) is 0 Å². The van der Waals surface area contributed by atoms with Gasteiger partial charge < -0.3 is 14.8 Å². The molecule has 0 saturated carbocycles. The van der Waals surface area contributed by atoms with Gasteiger partial charge in [0.25, 0.3) is 11.8 Å². The molecule has 3 aromatic rings. The number of rotatable bonds is 6. The van der Waals surface area contributed by atoms with E-state index in [1.54, 1.807) is 29.7 Å². The standard InChI is InChI=1S/C24H25N3O5/c1-15-12-17(19-4-2-3-5-21(19)25-15)13-32-18-8-6-16(7-9-18)23(28)26-22-10-11-31-14-20(22)24(29)27-30/h2-9,12,20,22,30H,10-11,13-14H2,1H3,(H,26,28)(H,27,29)/t20-,22+/m0/s1. The number of hydrogen-bond acceptors (Lipinski definition) is 6. The van der Waals surface area contributed by atoms with E-state index in [1.807, 2.05) is 37.3 Å². The number of nitrogens with zero attached hydrogens (tertiary/aromatic N) is 1. The van der Waals surface area contributed by atoms with E-state index in [0.717, 1.165) is 22.2 Å². The fourth-order valence-electron chi connectivity index (χ4n) is 3.88. The van der Waals surface area contributed by atoms with Crippen LogP contribution < -0.4 is 15.5 Å². The minimum absolute atomic E-state index is 0.146. The first-order valence-corrected chi connectivity index (χ1v) is 10.5. The Hall–Kier alpha value is -3.49. The molecule has 1 aliphatic heterocycles. The van der Waals surface area contributed by atoms with Crippen LogP contribution in [0.3, 0.4) is 0 Å². The first kappa shape index (κ1) is 21.7. The second kappa shape index (κ2) is 9.76. The first-order valence-electron chi connectivity index (χ1n) is 10.5. The van der Waals surface area contributed by atoms with Crippen LogP contribution in [0.5, 0.6) is 5.75 Å². The summed E-state index contributed by atoms with van der Waals surface area (Å²) in [7, 11) is 0. The van der Waals surface area contributed by atoms with Gasteiger partial charge in [0.1, 0.15) is 12.4 Å². The SMILES string of the molecule is Cc1cc(COc2ccc(C(=O)N[C@@H]3CCOC[C@@H]3C(=O)NO)cc2)c2ccccc2n1. The third-order valence-corrected chi connectivity index (χ3v) is 5.56. The number of nitrogens with one attached hydrogen (secondary N) is 2. The topological polar surface area (TPSA) is 110 Å². The van der Waals surface area contributed by atoms with Gasteiger partial charge >= 0.3 is 0 Å². The highest BCUT2D eigenvalue weighted by Gasteiger charge is 2.32. The molecule has 1 fully saturated rings. The maximum atomic E-state index is 12.7. The molecule has 8 nitrogen and oxygen atoms in total. The molecule has 2 aromatic carbocycles. The highest BCUT2D eigenvalue weighted by molar-refractivity contribution is 5.95. The van der Waals surface area contributed by atoms with E-state index < -0.39 is 17.9 Å². The number of carbonyl (C=O) groups excluding carboxylic acids is 2. The number of benzene rings is 2. The van der Waals surface area contributed by atoms with Crippen LogP contribution >= 0.6 is 0 Å². The summed E-state index contributed by atoms with van der Waals surface area (Å²) in [6, 6.07) is 16.4. The summed E-state index contributed by atoms with van der Waals surface area (Å²) < 4.78 is 11.2. The largest absolute Gasteiger partial charge is 0.489 e. The number of aryl methyl sites for hydroxylation is 1. The molecule has 1 aliphatic rings. The molecule has 2 atom stereocenters. The van der Waals surface area contributed by atoms with Crippen molar-refractivity contribution in [1.82, 2.24) is 15.8 Å². The van der Waals surface area contributed by atoms with E-state index >= 15 is 0 Å². The summed E-state index contributed by atoms with van der Waals surface area (Å²) in [5, 5.41) is 12.8. The molecule has 2 amide bonds. The van der Waals surface area contributed by atoms with Crippen molar-refractivity contribution in [3.05, 3.63) is 71.4 Å². The van der Waals surface area contributed by atoms with Crippen molar-refractivity contribution in [1.29, 1.82) is 0 Å². The highest BCUT2D eigenvalue weighted by Crippen LogP contribution is 2.21. The molecule has 0 unspecified atom stereocenters. The quantitative estimate of drug-likeness (QED) is 0.406. The normalized spacial score (nSPS) is 18.2. The van der Waals surface area contributed by atoms with Crippen LogP contribution in [0.25, 0.3) is 10.9 Å². The number of fused-ring (bicyclic) bond motifs is 1. The summed E-state index contributed by atoms with van der Waals surface area (Å²) in [5.74, 6) is -0.866. The zero-order chi connectivity index (χ0) is 22.5. The molecule has 3 N–H and O–H groups in total. The predicted molar refractivity (Wildman–Crippen MR) is 117 cm³/mol. The molecular weight excluding hydrogens is 410 g/mol. The highest BCUT2D eigenvalue weighted by atomic mass is 16.5. The predicted octanol–water partition coefficient (Wildman–Crippen LogP) is 2.76. The molecule has 1 aromatic heterocycles. The van der Waals surface area contributed by atoms with Gasteiger partial charge in [-0.2, -0.15) is 0 Å². The average molecular weight is 435 g/mol. The number of pyridine rings is 1. The van der Waals surface area contributed by atoms with E-state index in [1.165, 1.54) is 0 Å². The summed E-state index contributed by atoms with van der Waals surface area (Å²) in [5.41, 5.74) is 4.99. The lowest BCUT2D eigenvalue weighted by Gasteiger charge is -2.30. The number of aromatic nitrogens is 1. The Bertz CT molecular complexity index is 1120. The first-order chi connectivity index (χ1) is 15.5. The lowest BCUT2D eigenvalue weighted by molar-refractivity contribution is -0.138. The van der Waals surface area contributed by atoms with Crippen molar-refractivity contribution in [3.63, 3.8) is 0 Å².